The molecule has 0 bridgehead atoms. The number of aromatic nitrogens is 4. The summed E-state index contributed by atoms with van der Waals surface area (Å²) in [6.07, 6.45) is 0.685. The molecule has 0 amide bonds. The fourth-order valence-electron chi connectivity index (χ4n) is 2.91. The second-order valence-corrected chi connectivity index (χ2v) is 6.36. The zero-order valence-electron chi connectivity index (χ0n) is 13.7. The molecular weight excluding hydrogens is 350 g/mol. The first kappa shape index (κ1) is 16.5. The maximum Gasteiger partial charge on any atom is 0.164 e. The Bertz CT molecular complexity index is 1050. The number of nitrogens with zero attached hydrogens (tertiary/aromatic N) is 4. The van der Waals surface area contributed by atoms with Gasteiger partial charge in [0.1, 0.15) is 17.8 Å². The van der Waals surface area contributed by atoms with Gasteiger partial charge in [-0.3, -0.25) is 0 Å². The molecule has 0 saturated heterocycles. The fraction of sp³-hybridized carbons (Fsp3) is 0.105. The molecule has 1 atom stereocenters. The van der Waals surface area contributed by atoms with Gasteiger partial charge in [0.15, 0.2) is 5.65 Å². The van der Waals surface area contributed by atoms with E-state index in [-0.39, 0.29) is 6.54 Å². The maximum atomic E-state index is 10.6. The van der Waals surface area contributed by atoms with Gasteiger partial charge in [-0.1, -0.05) is 54.1 Å². The van der Waals surface area contributed by atoms with Gasteiger partial charge in [0, 0.05) is 10.6 Å². The Morgan fingerprint density at radius 2 is 1.77 bits per heavy atom. The van der Waals surface area contributed by atoms with Gasteiger partial charge in [-0.05, 0) is 17.7 Å². The van der Waals surface area contributed by atoms with Crippen molar-refractivity contribution in [1.82, 2.24) is 19.7 Å². The molecule has 0 aliphatic heterocycles. The monoisotopic (exact) mass is 365 g/mol. The van der Waals surface area contributed by atoms with Crippen molar-refractivity contribution in [2.24, 2.45) is 0 Å². The third-order valence-corrected chi connectivity index (χ3v) is 4.46. The number of hydrogen-bond acceptors (Lipinski definition) is 5. The van der Waals surface area contributed by atoms with Crippen molar-refractivity contribution in [2.75, 3.05) is 5.73 Å². The molecule has 1 unspecified atom stereocenters. The summed E-state index contributed by atoms with van der Waals surface area (Å²) in [5.41, 5.74) is 9.00. The molecule has 4 aromatic rings. The van der Waals surface area contributed by atoms with Crippen molar-refractivity contribution >= 4 is 28.5 Å². The minimum absolute atomic E-state index is 0.255. The smallest absolute Gasteiger partial charge is 0.164 e. The maximum absolute atomic E-state index is 10.6. The first-order valence-corrected chi connectivity index (χ1v) is 8.47. The van der Waals surface area contributed by atoms with E-state index in [2.05, 4.69) is 15.1 Å². The predicted octanol–water partition coefficient (Wildman–Crippen LogP) is 3.46. The molecule has 0 fully saturated rings. The molecule has 7 heteroatoms. The molecule has 130 valence electrons. The second kappa shape index (κ2) is 6.74. The van der Waals surface area contributed by atoms with Crippen molar-refractivity contribution in [3.8, 4) is 11.3 Å². The number of aliphatic hydroxyl groups is 1. The van der Waals surface area contributed by atoms with E-state index < -0.39 is 6.10 Å². The van der Waals surface area contributed by atoms with Crippen LogP contribution in [0.3, 0.4) is 0 Å². The summed E-state index contributed by atoms with van der Waals surface area (Å²) in [5.74, 6) is 0.348. The number of fused-ring (bicyclic) bond motifs is 1. The van der Waals surface area contributed by atoms with Gasteiger partial charge >= 0.3 is 0 Å². The highest BCUT2D eigenvalue weighted by atomic mass is 35.5. The Kier molecular flexibility index (Phi) is 4.28. The molecule has 26 heavy (non-hydrogen) atoms. The Morgan fingerprint density at radius 3 is 2.50 bits per heavy atom. The molecular formula is C19H16ClN5O. The Balaban J connectivity index is 1.81. The molecule has 2 aromatic heterocycles. The van der Waals surface area contributed by atoms with Gasteiger partial charge < -0.3 is 10.8 Å². The number of nitrogens with two attached hydrogens (primary N) is 1. The van der Waals surface area contributed by atoms with E-state index in [0.29, 0.717) is 27.6 Å². The van der Waals surface area contributed by atoms with Crippen molar-refractivity contribution in [2.45, 2.75) is 12.6 Å². The third kappa shape index (κ3) is 3.00. The topological polar surface area (TPSA) is 89.9 Å². The zero-order chi connectivity index (χ0) is 18.1. The first-order valence-electron chi connectivity index (χ1n) is 8.09. The van der Waals surface area contributed by atoms with Gasteiger partial charge in [-0.25, -0.2) is 14.6 Å². The molecule has 4 rings (SSSR count). The summed E-state index contributed by atoms with van der Waals surface area (Å²) < 4.78 is 1.66. The van der Waals surface area contributed by atoms with Crippen LogP contribution >= 0.6 is 11.6 Å². The first-order chi connectivity index (χ1) is 12.6. The number of aliphatic hydroxyl groups excluding tert-OH is 1. The molecule has 0 aliphatic rings. The quantitative estimate of drug-likeness (QED) is 0.578. The van der Waals surface area contributed by atoms with Crippen LogP contribution in [0.4, 0.5) is 5.82 Å². The normalized spacial score (nSPS) is 12.4. The molecule has 0 aliphatic carbocycles. The van der Waals surface area contributed by atoms with Crippen LogP contribution < -0.4 is 5.73 Å². The predicted molar refractivity (Wildman–Crippen MR) is 102 cm³/mol. The molecule has 0 radical (unpaired) electrons. The molecule has 0 saturated carbocycles. The lowest BCUT2D eigenvalue weighted by Gasteiger charge is -2.11. The highest BCUT2D eigenvalue weighted by Crippen LogP contribution is 2.31. The standard InChI is InChI=1S/C19H16ClN5O/c20-14-8-6-13(7-9-14)17-16-18(21)22-11-23-19(16)25(24-17)10-15(26)12-4-2-1-3-5-12/h1-9,11,15,26H,10H2,(H2,21,22,23). The molecule has 6 nitrogen and oxygen atoms in total. The Labute approximate surface area is 154 Å². The van der Waals surface area contributed by atoms with Crippen LogP contribution in [0.25, 0.3) is 22.3 Å². The second-order valence-electron chi connectivity index (χ2n) is 5.92. The number of halogens is 1. The molecule has 2 heterocycles. The minimum atomic E-state index is -0.714. The van der Waals surface area contributed by atoms with E-state index in [1.807, 2.05) is 42.5 Å². The van der Waals surface area contributed by atoms with Crippen molar-refractivity contribution in [3.05, 3.63) is 71.5 Å². The van der Waals surface area contributed by atoms with Crippen LogP contribution in [0.5, 0.6) is 0 Å². The van der Waals surface area contributed by atoms with Crippen LogP contribution in [0.1, 0.15) is 11.7 Å². The van der Waals surface area contributed by atoms with Crippen LogP contribution in [0.2, 0.25) is 5.02 Å². The van der Waals surface area contributed by atoms with Gasteiger partial charge in [0.05, 0.1) is 18.0 Å². The van der Waals surface area contributed by atoms with E-state index in [1.54, 1.807) is 16.8 Å². The Hall–Kier alpha value is -2.96. The lowest BCUT2D eigenvalue weighted by molar-refractivity contribution is 0.153. The summed E-state index contributed by atoms with van der Waals surface area (Å²) in [7, 11) is 0. The van der Waals surface area contributed by atoms with Gasteiger partial charge in [0.2, 0.25) is 0 Å². The number of benzene rings is 2. The SMILES string of the molecule is Nc1ncnc2c1c(-c1ccc(Cl)cc1)nn2CC(O)c1ccccc1. The highest BCUT2D eigenvalue weighted by molar-refractivity contribution is 6.30. The Morgan fingerprint density at radius 1 is 1.04 bits per heavy atom. The van der Waals surface area contributed by atoms with Gasteiger partial charge in [-0.15, -0.1) is 0 Å². The van der Waals surface area contributed by atoms with Crippen LogP contribution in [0.15, 0.2) is 60.9 Å². The lowest BCUT2D eigenvalue weighted by atomic mass is 10.1. The average Bonchev–Trinajstić information content (AvgIpc) is 3.03. The number of hydrogen-bond donors (Lipinski definition) is 2. The van der Waals surface area contributed by atoms with Crippen molar-refractivity contribution in [1.29, 1.82) is 0 Å². The molecule has 2 aromatic carbocycles. The van der Waals surface area contributed by atoms with Crippen LogP contribution in [-0.4, -0.2) is 24.9 Å². The van der Waals surface area contributed by atoms with Gasteiger partial charge in [-0.2, -0.15) is 5.10 Å². The zero-order valence-corrected chi connectivity index (χ0v) is 14.5. The summed E-state index contributed by atoms with van der Waals surface area (Å²) in [5, 5.41) is 16.5. The summed E-state index contributed by atoms with van der Waals surface area (Å²) in [6.45, 7) is 0.255. The number of anilines is 1. The van der Waals surface area contributed by atoms with Crippen molar-refractivity contribution in [3.63, 3.8) is 0 Å². The van der Waals surface area contributed by atoms with E-state index in [0.717, 1.165) is 11.1 Å². The highest BCUT2D eigenvalue weighted by Gasteiger charge is 2.19. The molecule has 3 N–H and O–H groups in total. The van der Waals surface area contributed by atoms with Crippen LogP contribution in [0, 0.1) is 0 Å². The fourth-order valence-corrected chi connectivity index (χ4v) is 3.04. The number of nitrogen functional groups attached to an aromatic ring is 1. The van der Waals surface area contributed by atoms with E-state index in [9.17, 15) is 5.11 Å². The summed E-state index contributed by atoms with van der Waals surface area (Å²) in [4.78, 5) is 8.41. The largest absolute Gasteiger partial charge is 0.386 e. The van der Waals surface area contributed by atoms with Crippen molar-refractivity contribution < 1.29 is 5.11 Å². The van der Waals surface area contributed by atoms with Gasteiger partial charge in [0.25, 0.3) is 0 Å². The molecule has 0 spiro atoms. The number of rotatable bonds is 4. The average molecular weight is 366 g/mol. The van der Waals surface area contributed by atoms with E-state index >= 15 is 0 Å². The van der Waals surface area contributed by atoms with E-state index in [1.165, 1.54) is 6.33 Å². The minimum Gasteiger partial charge on any atom is -0.386 e. The lowest BCUT2D eigenvalue weighted by Crippen LogP contribution is -2.10. The van der Waals surface area contributed by atoms with E-state index in [4.69, 9.17) is 17.3 Å². The summed E-state index contributed by atoms with van der Waals surface area (Å²) in [6, 6.07) is 16.8. The third-order valence-electron chi connectivity index (χ3n) is 4.21. The summed E-state index contributed by atoms with van der Waals surface area (Å²) >= 11 is 5.98. The van der Waals surface area contributed by atoms with Crippen LogP contribution in [-0.2, 0) is 6.54 Å².